The Bertz CT molecular complexity index is 1110. The Morgan fingerprint density at radius 2 is 2.08 bits per heavy atom. The van der Waals surface area contributed by atoms with Crippen molar-refractivity contribution in [3.05, 3.63) is 52.8 Å². The topological polar surface area (TPSA) is 85.7 Å². The molecule has 0 aliphatic carbocycles. The van der Waals surface area contributed by atoms with Crippen LogP contribution in [0, 0.1) is 0 Å². The molecule has 0 spiro atoms. The zero-order valence-electron chi connectivity index (χ0n) is 13.5. The molecule has 0 saturated heterocycles. The van der Waals surface area contributed by atoms with Crippen LogP contribution >= 0.6 is 11.8 Å². The quantitative estimate of drug-likeness (QED) is 0.555. The van der Waals surface area contributed by atoms with Crippen LogP contribution in [-0.4, -0.2) is 31.6 Å². The first-order valence-corrected chi connectivity index (χ1v) is 8.81. The smallest absolute Gasteiger partial charge is 0.278 e. The third kappa shape index (κ3) is 3.08. The Labute approximate surface area is 147 Å². The maximum absolute atomic E-state index is 12.4. The average Bonchev–Trinajstić information content (AvgIpc) is 3.04. The molecule has 0 bridgehead atoms. The molecule has 0 atom stereocenters. The fourth-order valence-corrected chi connectivity index (χ4v) is 3.28. The van der Waals surface area contributed by atoms with Crippen molar-refractivity contribution in [1.29, 1.82) is 0 Å². The Morgan fingerprint density at radius 3 is 2.96 bits per heavy atom. The van der Waals surface area contributed by atoms with Crippen LogP contribution in [0.4, 0.5) is 0 Å². The van der Waals surface area contributed by atoms with Gasteiger partial charge < -0.3 is 9.72 Å². The molecule has 0 unspecified atom stereocenters. The molecular weight excluding hydrogens is 338 g/mol. The van der Waals surface area contributed by atoms with Gasteiger partial charge in [0.2, 0.25) is 0 Å². The molecule has 0 fully saturated rings. The summed E-state index contributed by atoms with van der Waals surface area (Å²) in [6.07, 6.45) is 0. The number of hydrogen-bond acceptors (Lipinski definition) is 6. The van der Waals surface area contributed by atoms with Crippen molar-refractivity contribution < 1.29 is 4.74 Å². The van der Waals surface area contributed by atoms with Crippen LogP contribution in [0.1, 0.15) is 6.92 Å². The fraction of sp³-hybridized carbons (Fsp3) is 0.176. The van der Waals surface area contributed by atoms with Crippen molar-refractivity contribution in [3.63, 3.8) is 0 Å². The molecule has 25 heavy (non-hydrogen) atoms. The zero-order valence-corrected chi connectivity index (χ0v) is 14.3. The van der Waals surface area contributed by atoms with E-state index in [9.17, 15) is 4.79 Å². The summed E-state index contributed by atoms with van der Waals surface area (Å²) in [6, 6.07) is 12.9. The molecule has 1 N–H and O–H groups in total. The number of H-pyrrole nitrogens is 1. The number of hydrogen-bond donors (Lipinski definition) is 1. The van der Waals surface area contributed by atoms with Crippen molar-refractivity contribution in [1.82, 2.24) is 25.0 Å². The van der Waals surface area contributed by atoms with Gasteiger partial charge in [-0.1, -0.05) is 29.1 Å². The van der Waals surface area contributed by atoms with E-state index in [1.54, 1.807) is 12.1 Å². The summed E-state index contributed by atoms with van der Waals surface area (Å²) in [7, 11) is 0. The highest BCUT2D eigenvalue weighted by Gasteiger charge is 2.08. The van der Waals surface area contributed by atoms with Gasteiger partial charge in [0.1, 0.15) is 11.3 Å². The van der Waals surface area contributed by atoms with E-state index in [4.69, 9.17) is 4.74 Å². The van der Waals surface area contributed by atoms with Gasteiger partial charge in [0, 0.05) is 6.07 Å². The van der Waals surface area contributed by atoms with Crippen LogP contribution in [0.5, 0.6) is 5.75 Å². The van der Waals surface area contributed by atoms with Crippen molar-refractivity contribution >= 4 is 33.7 Å². The van der Waals surface area contributed by atoms with E-state index in [-0.39, 0.29) is 5.56 Å². The van der Waals surface area contributed by atoms with Crippen LogP contribution in [0.15, 0.2) is 52.4 Å². The largest absolute Gasteiger partial charge is 0.494 e. The Kier molecular flexibility index (Phi) is 4.10. The van der Waals surface area contributed by atoms with Gasteiger partial charge in [0.25, 0.3) is 5.56 Å². The van der Waals surface area contributed by atoms with Crippen LogP contribution in [0.25, 0.3) is 21.9 Å². The summed E-state index contributed by atoms with van der Waals surface area (Å²) < 4.78 is 6.83. The van der Waals surface area contributed by atoms with Gasteiger partial charge in [-0.15, -0.1) is 5.10 Å². The Hall–Kier alpha value is -2.87. The maximum atomic E-state index is 12.4. The number of imidazole rings is 1. The van der Waals surface area contributed by atoms with E-state index in [2.05, 4.69) is 20.3 Å². The second-order valence-electron chi connectivity index (χ2n) is 5.34. The molecule has 2 aromatic heterocycles. The van der Waals surface area contributed by atoms with Crippen molar-refractivity contribution in [2.24, 2.45) is 0 Å². The first-order valence-electron chi connectivity index (χ1n) is 7.82. The molecule has 0 amide bonds. The van der Waals surface area contributed by atoms with Crippen molar-refractivity contribution in [3.8, 4) is 5.75 Å². The molecule has 0 saturated carbocycles. The lowest BCUT2D eigenvalue weighted by Crippen LogP contribution is -2.23. The lowest BCUT2D eigenvalue weighted by atomic mass is 10.2. The van der Waals surface area contributed by atoms with Gasteiger partial charge >= 0.3 is 0 Å². The minimum absolute atomic E-state index is 0.159. The van der Waals surface area contributed by atoms with Gasteiger partial charge in [0.05, 0.1) is 28.9 Å². The summed E-state index contributed by atoms with van der Waals surface area (Å²) in [4.78, 5) is 20.2. The number of thioether (sulfide) groups is 1. The van der Waals surface area contributed by atoms with Crippen LogP contribution in [0.3, 0.4) is 0 Å². The van der Waals surface area contributed by atoms with Gasteiger partial charge in [-0.3, -0.25) is 4.79 Å². The molecule has 8 heteroatoms. The highest BCUT2D eigenvalue weighted by atomic mass is 32.2. The molecule has 4 aromatic rings. The van der Waals surface area contributed by atoms with E-state index < -0.39 is 0 Å². The number of aromatic nitrogens is 5. The number of aromatic amines is 1. The number of nitrogens with one attached hydrogen (secondary N) is 1. The molecule has 0 aliphatic rings. The van der Waals surface area contributed by atoms with E-state index in [0.29, 0.717) is 28.5 Å². The van der Waals surface area contributed by atoms with Gasteiger partial charge in [-0.2, -0.15) is 4.68 Å². The molecule has 4 rings (SSSR count). The van der Waals surface area contributed by atoms with Crippen LogP contribution in [-0.2, 0) is 5.88 Å². The van der Waals surface area contributed by atoms with E-state index in [1.807, 2.05) is 37.3 Å². The molecular formula is C17H15N5O2S. The minimum atomic E-state index is -0.159. The third-order valence-electron chi connectivity index (χ3n) is 3.70. The normalized spacial score (nSPS) is 11.2. The van der Waals surface area contributed by atoms with E-state index >= 15 is 0 Å². The zero-order chi connectivity index (χ0) is 17.2. The Balaban J connectivity index is 1.58. The number of ether oxygens (including phenoxy) is 1. The van der Waals surface area contributed by atoms with Crippen molar-refractivity contribution in [2.45, 2.75) is 18.0 Å². The SMILES string of the molecule is CCOc1ccc2nc(SCn3nnc4ccccc4c3=O)[nH]c2c1. The van der Waals surface area contributed by atoms with Gasteiger partial charge in [-0.05, 0) is 31.2 Å². The lowest BCUT2D eigenvalue weighted by Gasteiger charge is -2.02. The lowest BCUT2D eigenvalue weighted by molar-refractivity contribution is 0.340. The molecule has 2 heterocycles. The molecule has 2 aromatic carbocycles. The first-order chi connectivity index (χ1) is 12.2. The van der Waals surface area contributed by atoms with E-state index in [0.717, 1.165) is 16.8 Å². The molecule has 126 valence electrons. The number of rotatable bonds is 5. The van der Waals surface area contributed by atoms with Crippen LogP contribution in [0.2, 0.25) is 0 Å². The number of nitrogens with zero attached hydrogens (tertiary/aromatic N) is 4. The summed E-state index contributed by atoms with van der Waals surface area (Å²) in [5, 5.41) is 9.34. The second-order valence-corrected chi connectivity index (χ2v) is 6.27. The molecule has 0 aliphatic heterocycles. The van der Waals surface area contributed by atoms with Gasteiger partial charge in [0.15, 0.2) is 5.16 Å². The minimum Gasteiger partial charge on any atom is -0.494 e. The standard InChI is InChI=1S/C17H15N5O2S/c1-2-24-11-7-8-14-15(9-11)19-17(18-14)25-10-22-16(23)12-5-3-4-6-13(12)20-21-22/h3-9H,2,10H2,1H3,(H,18,19). The van der Waals surface area contributed by atoms with E-state index in [1.165, 1.54) is 16.4 Å². The molecule has 7 nitrogen and oxygen atoms in total. The number of fused-ring (bicyclic) bond motifs is 2. The van der Waals surface area contributed by atoms with Crippen LogP contribution < -0.4 is 10.3 Å². The summed E-state index contributed by atoms with van der Waals surface area (Å²) in [6.45, 7) is 2.56. The van der Waals surface area contributed by atoms with Crippen molar-refractivity contribution in [2.75, 3.05) is 6.61 Å². The summed E-state index contributed by atoms with van der Waals surface area (Å²) in [5.41, 5.74) is 2.18. The second kappa shape index (κ2) is 6.56. The highest BCUT2D eigenvalue weighted by molar-refractivity contribution is 7.98. The van der Waals surface area contributed by atoms with Gasteiger partial charge in [-0.25, -0.2) is 4.98 Å². The number of benzene rings is 2. The average molecular weight is 353 g/mol. The summed E-state index contributed by atoms with van der Waals surface area (Å²) in [5.74, 6) is 1.13. The third-order valence-corrected chi connectivity index (χ3v) is 4.54. The maximum Gasteiger partial charge on any atom is 0.278 e. The predicted octanol–water partition coefficient (Wildman–Crippen LogP) is 2.82. The molecule has 0 radical (unpaired) electrons. The highest BCUT2D eigenvalue weighted by Crippen LogP contribution is 2.23. The monoisotopic (exact) mass is 353 g/mol. The first kappa shape index (κ1) is 15.6. The Morgan fingerprint density at radius 1 is 1.20 bits per heavy atom. The predicted molar refractivity (Wildman–Crippen MR) is 96.9 cm³/mol. The summed E-state index contributed by atoms with van der Waals surface area (Å²) >= 11 is 1.39. The fourth-order valence-electron chi connectivity index (χ4n) is 2.52.